The average Bonchev–Trinajstić information content (AvgIpc) is 3.91. The number of imidazole rings is 1. The van der Waals surface area contributed by atoms with Crippen molar-refractivity contribution in [1.29, 1.82) is 0 Å². The zero-order valence-electron chi connectivity index (χ0n) is 41.6. The minimum Gasteiger partial charge on any atom is -0.475 e. The van der Waals surface area contributed by atoms with Gasteiger partial charge in [0.05, 0.1) is 17.1 Å². The van der Waals surface area contributed by atoms with Crippen LogP contribution in [-0.4, -0.2) is 115 Å². The summed E-state index contributed by atoms with van der Waals surface area (Å²) in [6.45, 7) is 0.442. The third-order valence-corrected chi connectivity index (χ3v) is 14.9. The number of hydrogen-bond acceptors (Lipinski definition) is 10. The standard InChI is InChI=1S/C51H63N9O8.C2HF3O2/c1-57-42-29-33(16-20-39(42)60(51(57)68)41-22-24-44(62)55-49(41)66)28-32-14-12-31(13-15-32)17-25-45(63)58-27-26-36-18-21-40(59(36)50(67)37(52)30-58)48(65)54-38(19-23-43(53)61)47(64)56-46(34-8-4-2-5-9-34)35-10-6-3-7-11-35;3-2(4,5)1(6)7/h2-11,16,20,29,31-32,36-38,40-41,46H,12-15,17-19,21-28,30,52H2,1H3,(H2,53,61)(H,54,65)(H,56,64)(H,55,62,66);(H,6,7)/t31?,32?,36-,37+,38+,40+,41?;/m1./s1. The van der Waals surface area contributed by atoms with Crippen LogP contribution in [0.2, 0.25) is 0 Å². The molecular formula is C53H64F3N9O10. The number of piperidine rings is 1. The molecule has 4 aromatic rings. The molecule has 19 nitrogen and oxygen atoms in total. The second-order valence-electron chi connectivity index (χ2n) is 20.0. The Bertz CT molecular complexity index is 2770. The highest BCUT2D eigenvalue weighted by Gasteiger charge is 2.45. The summed E-state index contributed by atoms with van der Waals surface area (Å²) in [5.74, 6) is -4.75. The Balaban J connectivity index is 0.00000109. The van der Waals surface area contributed by atoms with Crippen molar-refractivity contribution in [2.24, 2.45) is 30.4 Å². The number of primary amides is 1. The van der Waals surface area contributed by atoms with Crippen LogP contribution in [0.1, 0.15) is 112 Å². The van der Waals surface area contributed by atoms with Gasteiger partial charge in [-0.2, -0.15) is 13.2 Å². The number of fused-ring (bicyclic) bond motifs is 2. The van der Waals surface area contributed by atoms with Crippen LogP contribution < -0.4 is 33.1 Å². The summed E-state index contributed by atoms with van der Waals surface area (Å²) >= 11 is 0. The SMILES string of the molecule is Cn1c(=O)n(C2CCC(=O)NC2=O)c2ccc(CC3CCC(CCC(=O)N4CC[C@H]5CC[C@@H](C(=O)N[C@@H](CCC(N)=O)C(=O)NC(c6ccccc6)c6ccccc6)N5C(=O)[C@@H](N)C4)CC3)cc21.O=C(O)C(F)(F)F. The number of amides is 7. The number of carbonyl (C=O) groups excluding carboxylic acids is 7. The van der Waals surface area contributed by atoms with Crippen molar-refractivity contribution in [3.8, 4) is 0 Å². The fraction of sp³-hybridized carbons (Fsp3) is 0.491. The molecule has 8 rings (SSSR count). The number of nitrogens with zero attached hydrogens (tertiary/aromatic N) is 4. The monoisotopic (exact) mass is 1040 g/mol. The second kappa shape index (κ2) is 24.3. The molecule has 4 heterocycles. The van der Waals surface area contributed by atoms with Gasteiger partial charge >= 0.3 is 17.8 Å². The highest BCUT2D eigenvalue weighted by molar-refractivity contribution is 6.00. The van der Waals surface area contributed by atoms with Gasteiger partial charge in [0, 0.05) is 45.4 Å². The van der Waals surface area contributed by atoms with E-state index in [2.05, 4.69) is 16.0 Å². The van der Waals surface area contributed by atoms with E-state index in [1.165, 1.54) is 4.57 Å². The van der Waals surface area contributed by atoms with E-state index < -0.39 is 71.9 Å². The van der Waals surface area contributed by atoms with E-state index in [0.29, 0.717) is 49.6 Å². The highest BCUT2D eigenvalue weighted by atomic mass is 19.4. The van der Waals surface area contributed by atoms with Gasteiger partial charge < -0.3 is 37.0 Å². The predicted molar refractivity (Wildman–Crippen MR) is 267 cm³/mol. The maximum Gasteiger partial charge on any atom is 0.490 e. The van der Waals surface area contributed by atoms with Crippen LogP contribution in [0.15, 0.2) is 83.7 Å². The molecule has 7 amide bonds. The lowest BCUT2D eigenvalue weighted by molar-refractivity contribution is -0.192. The molecule has 8 N–H and O–H groups in total. The van der Waals surface area contributed by atoms with Crippen LogP contribution >= 0.6 is 0 Å². The molecule has 4 aliphatic rings. The Labute approximate surface area is 430 Å². The Kier molecular flexibility index (Phi) is 18.0. The number of nitrogens with one attached hydrogen (secondary N) is 3. The summed E-state index contributed by atoms with van der Waals surface area (Å²) < 4.78 is 34.8. The number of benzene rings is 3. The van der Waals surface area contributed by atoms with Crippen LogP contribution in [-0.2, 0) is 51.8 Å². The zero-order valence-corrected chi connectivity index (χ0v) is 41.6. The van der Waals surface area contributed by atoms with Gasteiger partial charge in [0.25, 0.3) is 0 Å². The maximum absolute atomic E-state index is 14.1. The molecule has 75 heavy (non-hydrogen) atoms. The van der Waals surface area contributed by atoms with Gasteiger partial charge in [-0.1, -0.05) is 79.6 Å². The number of carboxylic acids is 1. The minimum absolute atomic E-state index is 0.0292. The number of rotatable bonds is 15. The fourth-order valence-corrected chi connectivity index (χ4v) is 10.9. The molecule has 22 heteroatoms. The van der Waals surface area contributed by atoms with Crippen LogP contribution in [0.4, 0.5) is 13.2 Å². The van der Waals surface area contributed by atoms with E-state index in [1.54, 1.807) is 21.4 Å². The summed E-state index contributed by atoms with van der Waals surface area (Å²) in [4.78, 5) is 117. The normalized spacial score (nSPS) is 22.5. The van der Waals surface area contributed by atoms with Crippen molar-refractivity contribution in [3.63, 3.8) is 0 Å². The Hall–Kier alpha value is -7.36. The molecule has 402 valence electrons. The number of hydrogen-bond donors (Lipinski definition) is 6. The largest absolute Gasteiger partial charge is 0.490 e. The van der Waals surface area contributed by atoms with Gasteiger partial charge in [0.15, 0.2) is 0 Å². The van der Waals surface area contributed by atoms with Crippen molar-refractivity contribution in [1.82, 2.24) is 34.9 Å². The first-order valence-electron chi connectivity index (χ1n) is 25.4. The van der Waals surface area contributed by atoms with Crippen LogP contribution in [0.5, 0.6) is 0 Å². The number of aromatic nitrogens is 2. The number of aliphatic carboxylic acids is 1. The summed E-state index contributed by atoms with van der Waals surface area (Å²) in [5.41, 5.74) is 15.9. The second-order valence-corrected chi connectivity index (χ2v) is 20.0. The molecule has 3 aromatic carbocycles. The van der Waals surface area contributed by atoms with Crippen molar-refractivity contribution in [3.05, 3.63) is 106 Å². The Morgan fingerprint density at radius 1 is 0.800 bits per heavy atom. The van der Waals surface area contributed by atoms with E-state index in [-0.39, 0.29) is 55.8 Å². The van der Waals surface area contributed by atoms with Crippen LogP contribution in [0.25, 0.3) is 11.0 Å². The average molecular weight is 1040 g/mol. The lowest BCUT2D eigenvalue weighted by Gasteiger charge is -2.38. The van der Waals surface area contributed by atoms with Gasteiger partial charge in [-0.15, -0.1) is 0 Å². The first-order valence-corrected chi connectivity index (χ1v) is 25.4. The van der Waals surface area contributed by atoms with E-state index in [9.17, 15) is 51.5 Å². The predicted octanol–water partition coefficient (Wildman–Crippen LogP) is 3.66. The molecule has 0 radical (unpaired) electrons. The van der Waals surface area contributed by atoms with E-state index in [4.69, 9.17) is 21.4 Å². The summed E-state index contributed by atoms with van der Waals surface area (Å²) in [6, 6.07) is 20.3. The van der Waals surface area contributed by atoms with E-state index in [0.717, 1.165) is 60.7 Å². The number of halogens is 3. The Morgan fingerprint density at radius 2 is 1.43 bits per heavy atom. The summed E-state index contributed by atoms with van der Waals surface area (Å²) in [5, 5.41) is 15.4. The molecular weight excluding hydrogens is 980 g/mol. The number of imide groups is 1. The lowest BCUT2D eigenvalue weighted by atomic mass is 9.77. The smallest absolute Gasteiger partial charge is 0.475 e. The van der Waals surface area contributed by atoms with Gasteiger partial charge in [-0.3, -0.25) is 48.0 Å². The van der Waals surface area contributed by atoms with Gasteiger partial charge in [-0.05, 0) is 98.4 Å². The maximum atomic E-state index is 14.1. The number of carbonyl (C=O) groups is 8. The molecule has 0 spiro atoms. The number of alkyl halides is 3. The quantitative estimate of drug-likeness (QED) is 0.0935. The van der Waals surface area contributed by atoms with Crippen LogP contribution in [0.3, 0.4) is 0 Å². The van der Waals surface area contributed by atoms with Crippen molar-refractivity contribution in [2.45, 2.75) is 132 Å². The van der Waals surface area contributed by atoms with Crippen molar-refractivity contribution < 1.29 is 56.6 Å². The fourth-order valence-electron chi connectivity index (χ4n) is 10.9. The number of carboxylic acid groups (broad SMARTS) is 1. The third kappa shape index (κ3) is 13.7. The molecule has 3 saturated heterocycles. The molecule has 1 aliphatic carbocycles. The molecule has 3 aliphatic heterocycles. The number of aryl methyl sites for hydroxylation is 1. The Morgan fingerprint density at radius 3 is 2.03 bits per heavy atom. The molecule has 4 fully saturated rings. The molecule has 0 bridgehead atoms. The minimum atomic E-state index is -5.08. The molecule has 1 aromatic heterocycles. The lowest BCUT2D eigenvalue weighted by Crippen LogP contribution is -2.60. The molecule has 1 saturated carbocycles. The zero-order chi connectivity index (χ0) is 54.1. The van der Waals surface area contributed by atoms with E-state index >= 15 is 0 Å². The van der Waals surface area contributed by atoms with Crippen molar-refractivity contribution in [2.75, 3.05) is 13.1 Å². The molecule has 1 unspecified atom stereocenters. The summed E-state index contributed by atoms with van der Waals surface area (Å²) in [6.07, 6.45) is 2.58. The van der Waals surface area contributed by atoms with Crippen molar-refractivity contribution >= 4 is 58.4 Å². The van der Waals surface area contributed by atoms with Crippen LogP contribution in [0, 0.1) is 11.8 Å². The topological polar surface area (TPSA) is 278 Å². The van der Waals surface area contributed by atoms with Gasteiger partial charge in [0.1, 0.15) is 24.2 Å². The van der Waals surface area contributed by atoms with Gasteiger partial charge in [-0.25, -0.2) is 9.59 Å². The first-order chi connectivity index (χ1) is 35.7. The number of nitrogens with two attached hydrogens (primary N) is 2. The first kappa shape index (κ1) is 55.4. The summed E-state index contributed by atoms with van der Waals surface area (Å²) in [7, 11) is 1.70. The highest BCUT2D eigenvalue weighted by Crippen LogP contribution is 2.35. The third-order valence-electron chi connectivity index (χ3n) is 14.9. The van der Waals surface area contributed by atoms with E-state index in [1.807, 2.05) is 78.9 Å². The van der Waals surface area contributed by atoms with Gasteiger partial charge in [0.2, 0.25) is 41.4 Å². The molecule has 5 atom stereocenters.